The second kappa shape index (κ2) is 12.7. The van der Waals surface area contributed by atoms with Gasteiger partial charge in [0.1, 0.15) is 10.8 Å². The molecule has 0 aliphatic heterocycles. The Morgan fingerprint density at radius 1 is 1.13 bits per heavy atom. The van der Waals surface area contributed by atoms with Gasteiger partial charge in [0, 0.05) is 10.4 Å². The number of rotatable bonds is 9. The highest BCUT2D eigenvalue weighted by Crippen LogP contribution is 2.40. The fourth-order valence-corrected chi connectivity index (χ4v) is 5.68. The summed E-state index contributed by atoms with van der Waals surface area (Å²) in [6, 6.07) is 14.2. The average Bonchev–Trinajstić information content (AvgIpc) is 3.27. The number of nitrogens with one attached hydrogen (secondary N) is 2. The molecule has 0 fully saturated rings. The first-order chi connectivity index (χ1) is 18.7. The van der Waals surface area contributed by atoms with Gasteiger partial charge < -0.3 is 14.8 Å². The first-order valence-corrected chi connectivity index (χ1v) is 13.9. The van der Waals surface area contributed by atoms with Crippen LogP contribution in [0.25, 0.3) is 0 Å². The number of hydrazone groups is 1. The zero-order valence-electron chi connectivity index (χ0n) is 22.6. The molecule has 3 aromatic rings. The van der Waals surface area contributed by atoms with Crippen LogP contribution in [0.1, 0.15) is 69.5 Å². The van der Waals surface area contributed by atoms with Gasteiger partial charge in [0.25, 0.3) is 11.8 Å². The smallest absolute Gasteiger partial charge is 0.341 e. The van der Waals surface area contributed by atoms with Gasteiger partial charge in [-0.05, 0) is 81.3 Å². The van der Waals surface area contributed by atoms with Crippen molar-refractivity contribution >= 4 is 40.3 Å². The minimum Gasteiger partial charge on any atom is -0.481 e. The van der Waals surface area contributed by atoms with E-state index in [0.29, 0.717) is 27.8 Å². The van der Waals surface area contributed by atoms with Crippen LogP contribution in [0.4, 0.5) is 5.00 Å². The van der Waals surface area contributed by atoms with Gasteiger partial charge in [0.05, 0.1) is 18.4 Å². The lowest BCUT2D eigenvalue weighted by Crippen LogP contribution is -2.33. The standard InChI is InChI=1S/C30H33N3O5S/c1-5-37-30(36)26-24-15-8-19(3)16-25(24)39-29(26)32-28(35)22-11-13-23(14-12-22)38-20(4)27(34)33-31-17-21-9-6-18(2)7-10-21/h6-7,9-14,17,19-20H,5,8,15-16H2,1-4H3,(H,32,35)(H,33,34)/b31-17-/t19-,20-/m0/s1. The van der Waals surface area contributed by atoms with Gasteiger partial charge in [0.2, 0.25) is 0 Å². The second-order valence-corrected chi connectivity index (χ2v) is 10.8. The largest absolute Gasteiger partial charge is 0.481 e. The van der Waals surface area contributed by atoms with Crippen molar-refractivity contribution in [2.45, 2.75) is 53.1 Å². The molecule has 0 unspecified atom stereocenters. The van der Waals surface area contributed by atoms with E-state index in [1.54, 1.807) is 44.3 Å². The molecule has 1 aromatic heterocycles. The third-order valence-electron chi connectivity index (χ3n) is 6.48. The lowest BCUT2D eigenvalue weighted by atomic mass is 9.88. The van der Waals surface area contributed by atoms with Crippen molar-refractivity contribution in [1.82, 2.24) is 5.43 Å². The Kier molecular flexibility index (Phi) is 9.14. The minimum absolute atomic E-state index is 0.268. The number of amides is 2. The maximum absolute atomic E-state index is 13.0. The molecule has 39 heavy (non-hydrogen) atoms. The predicted molar refractivity (Wildman–Crippen MR) is 153 cm³/mol. The van der Waals surface area contributed by atoms with Gasteiger partial charge in [-0.2, -0.15) is 5.10 Å². The zero-order valence-corrected chi connectivity index (χ0v) is 23.4. The molecule has 8 nitrogen and oxygen atoms in total. The predicted octanol–water partition coefficient (Wildman–Crippen LogP) is 5.53. The lowest BCUT2D eigenvalue weighted by molar-refractivity contribution is -0.127. The monoisotopic (exact) mass is 547 g/mol. The summed E-state index contributed by atoms with van der Waals surface area (Å²) in [5.41, 5.74) is 6.35. The fraction of sp³-hybridized carbons (Fsp3) is 0.333. The van der Waals surface area contributed by atoms with Crippen LogP contribution in [0, 0.1) is 12.8 Å². The SMILES string of the molecule is CCOC(=O)c1c(NC(=O)c2ccc(O[C@@H](C)C(=O)N/N=C\c3ccc(C)cc3)cc2)sc2c1CC[C@H](C)C2. The van der Waals surface area contributed by atoms with Crippen LogP contribution in [0.3, 0.4) is 0 Å². The number of hydrogen-bond donors (Lipinski definition) is 2. The molecule has 4 rings (SSSR count). The van der Waals surface area contributed by atoms with Crippen molar-refractivity contribution in [3.8, 4) is 5.75 Å². The van der Waals surface area contributed by atoms with Crippen LogP contribution in [0.2, 0.25) is 0 Å². The summed E-state index contributed by atoms with van der Waals surface area (Å²) in [7, 11) is 0. The molecule has 0 saturated heterocycles. The fourth-order valence-electron chi connectivity index (χ4n) is 4.29. The molecule has 1 aliphatic rings. The summed E-state index contributed by atoms with van der Waals surface area (Å²) in [5.74, 6) is -0.173. The number of esters is 1. The van der Waals surface area contributed by atoms with Gasteiger partial charge in [-0.3, -0.25) is 9.59 Å². The number of thiophene rings is 1. The molecule has 1 heterocycles. The number of hydrogen-bond acceptors (Lipinski definition) is 7. The highest BCUT2D eigenvalue weighted by molar-refractivity contribution is 7.17. The van der Waals surface area contributed by atoms with Crippen LogP contribution in [-0.2, 0) is 22.4 Å². The topological polar surface area (TPSA) is 106 Å². The van der Waals surface area contributed by atoms with E-state index in [9.17, 15) is 14.4 Å². The summed E-state index contributed by atoms with van der Waals surface area (Å²) in [4.78, 5) is 39.3. The number of anilines is 1. The average molecular weight is 548 g/mol. The number of aryl methyl sites for hydroxylation is 1. The molecule has 2 atom stereocenters. The summed E-state index contributed by atoms with van der Waals surface area (Å²) in [6.07, 6.45) is 3.45. The summed E-state index contributed by atoms with van der Waals surface area (Å²) in [5, 5.41) is 7.42. The number of carbonyl (C=O) groups is 3. The van der Waals surface area contributed by atoms with Crippen LogP contribution in [0.5, 0.6) is 5.75 Å². The van der Waals surface area contributed by atoms with Gasteiger partial charge in [-0.1, -0.05) is 36.8 Å². The van der Waals surface area contributed by atoms with Crippen molar-refractivity contribution < 1.29 is 23.9 Å². The first kappa shape index (κ1) is 28.0. The second-order valence-electron chi connectivity index (χ2n) is 9.66. The molecular formula is C30H33N3O5S. The molecule has 2 amide bonds. The van der Waals surface area contributed by atoms with Crippen molar-refractivity contribution in [3.05, 3.63) is 81.2 Å². The van der Waals surface area contributed by atoms with Crippen LogP contribution in [-0.4, -0.2) is 36.7 Å². The Bertz CT molecular complexity index is 1360. The van der Waals surface area contributed by atoms with Gasteiger partial charge in [-0.15, -0.1) is 11.3 Å². The maximum Gasteiger partial charge on any atom is 0.341 e. The molecule has 204 valence electrons. The third kappa shape index (κ3) is 7.11. The molecule has 0 saturated carbocycles. The highest BCUT2D eigenvalue weighted by Gasteiger charge is 2.29. The lowest BCUT2D eigenvalue weighted by Gasteiger charge is -2.18. The Morgan fingerprint density at radius 3 is 2.54 bits per heavy atom. The van der Waals surface area contributed by atoms with Gasteiger partial charge >= 0.3 is 5.97 Å². The molecular weight excluding hydrogens is 514 g/mol. The zero-order chi connectivity index (χ0) is 27.9. The highest BCUT2D eigenvalue weighted by atomic mass is 32.1. The molecule has 1 aliphatic carbocycles. The van der Waals surface area contributed by atoms with E-state index in [-0.39, 0.29) is 12.5 Å². The molecule has 0 bridgehead atoms. The molecule has 2 aromatic carbocycles. The van der Waals surface area contributed by atoms with Crippen LogP contribution in [0.15, 0.2) is 53.6 Å². The van der Waals surface area contributed by atoms with Gasteiger partial charge in [-0.25, -0.2) is 10.2 Å². The number of benzene rings is 2. The first-order valence-electron chi connectivity index (χ1n) is 13.0. The van der Waals surface area contributed by atoms with Gasteiger partial charge in [0.15, 0.2) is 6.10 Å². The molecule has 0 spiro atoms. The number of fused-ring (bicyclic) bond motifs is 1. The van der Waals surface area contributed by atoms with Crippen molar-refractivity contribution in [1.29, 1.82) is 0 Å². The van der Waals surface area contributed by atoms with E-state index in [0.717, 1.165) is 40.8 Å². The Labute approximate surface area is 232 Å². The van der Waals surface area contributed by atoms with Crippen molar-refractivity contribution in [2.24, 2.45) is 11.0 Å². The molecule has 0 radical (unpaired) electrons. The number of carbonyl (C=O) groups excluding carboxylic acids is 3. The van der Waals surface area contributed by atoms with E-state index in [2.05, 4.69) is 22.8 Å². The normalized spacial score (nSPS) is 15.3. The summed E-state index contributed by atoms with van der Waals surface area (Å²) >= 11 is 1.45. The minimum atomic E-state index is -0.799. The van der Waals surface area contributed by atoms with E-state index >= 15 is 0 Å². The number of nitrogens with zero attached hydrogens (tertiary/aromatic N) is 1. The maximum atomic E-state index is 13.0. The van der Waals surface area contributed by atoms with Crippen molar-refractivity contribution in [3.63, 3.8) is 0 Å². The Balaban J connectivity index is 1.37. The van der Waals surface area contributed by atoms with E-state index in [1.807, 2.05) is 31.2 Å². The van der Waals surface area contributed by atoms with E-state index in [1.165, 1.54) is 11.3 Å². The third-order valence-corrected chi connectivity index (χ3v) is 7.65. The Hall–Kier alpha value is -3.98. The van der Waals surface area contributed by atoms with Crippen LogP contribution >= 0.6 is 11.3 Å². The number of ether oxygens (including phenoxy) is 2. The summed E-state index contributed by atoms with van der Waals surface area (Å²) in [6.45, 7) is 7.85. The quantitative estimate of drug-likeness (QED) is 0.208. The summed E-state index contributed by atoms with van der Waals surface area (Å²) < 4.78 is 11.0. The van der Waals surface area contributed by atoms with E-state index in [4.69, 9.17) is 9.47 Å². The molecule has 2 N–H and O–H groups in total. The molecule has 9 heteroatoms. The van der Waals surface area contributed by atoms with Crippen LogP contribution < -0.4 is 15.5 Å². The van der Waals surface area contributed by atoms with Crippen molar-refractivity contribution in [2.75, 3.05) is 11.9 Å². The Morgan fingerprint density at radius 2 is 1.85 bits per heavy atom. The van der Waals surface area contributed by atoms with E-state index < -0.39 is 18.0 Å².